The van der Waals surface area contributed by atoms with Crippen molar-refractivity contribution in [2.45, 2.75) is 44.7 Å². The number of aromatic nitrogens is 2. The minimum atomic E-state index is -0.460. The van der Waals surface area contributed by atoms with Crippen LogP contribution >= 0.6 is 0 Å². The van der Waals surface area contributed by atoms with E-state index in [9.17, 15) is 0 Å². The lowest BCUT2D eigenvalue weighted by Gasteiger charge is -2.45. The van der Waals surface area contributed by atoms with E-state index in [0.717, 1.165) is 42.5 Å². The second-order valence-electron chi connectivity index (χ2n) is 8.15. The van der Waals surface area contributed by atoms with Gasteiger partial charge in [-0.05, 0) is 56.9 Å². The van der Waals surface area contributed by atoms with E-state index in [1.807, 2.05) is 60.4 Å². The van der Waals surface area contributed by atoms with Crippen LogP contribution in [0.2, 0.25) is 0 Å². The Balaban J connectivity index is 1.43. The first kappa shape index (κ1) is 19.3. The van der Waals surface area contributed by atoms with E-state index in [2.05, 4.69) is 15.1 Å². The molecule has 1 aliphatic heterocycles. The molecule has 31 heavy (non-hydrogen) atoms. The number of aliphatic imine (C=N–C) groups is 2. The fourth-order valence-corrected chi connectivity index (χ4v) is 4.41. The van der Waals surface area contributed by atoms with Gasteiger partial charge < -0.3 is 16.0 Å². The quantitative estimate of drug-likeness (QED) is 0.671. The molecule has 1 saturated carbocycles. The van der Waals surface area contributed by atoms with Crippen molar-refractivity contribution in [1.29, 1.82) is 0 Å². The zero-order valence-electron chi connectivity index (χ0n) is 17.5. The van der Waals surface area contributed by atoms with Gasteiger partial charge in [0.1, 0.15) is 5.66 Å². The van der Waals surface area contributed by atoms with Gasteiger partial charge in [0.15, 0.2) is 0 Å². The Morgan fingerprint density at radius 2 is 1.58 bits per heavy atom. The summed E-state index contributed by atoms with van der Waals surface area (Å²) >= 11 is 0. The summed E-state index contributed by atoms with van der Waals surface area (Å²) < 4.78 is 5.50. The highest BCUT2D eigenvalue weighted by atomic mass is 16.5. The lowest BCUT2D eigenvalue weighted by molar-refractivity contribution is 0.305. The van der Waals surface area contributed by atoms with Crippen molar-refractivity contribution < 1.29 is 4.52 Å². The van der Waals surface area contributed by atoms with Crippen molar-refractivity contribution in [3.05, 3.63) is 54.1 Å². The molecule has 0 atom stereocenters. The molecule has 0 saturated heterocycles. The molecular weight excluding hydrogens is 390 g/mol. The number of nitrogens with zero attached hydrogens (tertiary/aromatic N) is 5. The van der Waals surface area contributed by atoms with Gasteiger partial charge in [0.25, 0.3) is 5.89 Å². The number of anilines is 1. The van der Waals surface area contributed by atoms with Crippen LogP contribution in [0, 0.1) is 6.92 Å². The Hall–Kier alpha value is -3.68. The van der Waals surface area contributed by atoms with Gasteiger partial charge in [-0.3, -0.25) is 4.90 Å². The van der Waals surface area contributed by atoms with Gasteiger partial charge in [-0.1, -0.05) is 41.4 Å². The lowest BCUT2D eigenvalue weighted by Crippen LogP contribution is -2.58. The highest BCUT2D eigenvalue weighted by Gasteiger charge is 2.42. The first-order valence-electron chi connectivity index (χ1n) is 10.5. The predicted octanol–water partition coefficient (Wildman–Crippen LogP) is 3.82. The Labute approximate surface area is 180 Å². The summed E-state index contributed by atoms with van der Waals surface area (Å²) in [6.07, 6.45) is 5.16. The number of guanidine groups is 2. The largest absolute Gasteiger partial charge is 0.369 e. The minimum Gasteiger partial charge on any atom is -0.369 e. The molecule has 3 aromatic rings. The monoisotopic (exact) mass is 415 g/mol. The van der Waals surface area contributed by atoms with Gasteiger partial charge in [0, 0.05) is 16.8 Å². The van der Waals surface area contributed by atoms with Crippen LogP contribution in [0.25, 0.3) is 22.8 Å². The summed E-state index contributed by atoms with van der Waals surface area (Å²) in [7, 11) is 0. The first-order chi connectivity index (χ1) is 15.0. The number of rotatable bonds is 3. The third-order valence-electron chi connectivity index (χ3n) is 5.96. The van der Waals surface area contributed by atoms with Crippen molar-refractivity contribution in [2.75, 3.05) is 4.90 Å². The van der Waals surface area contributed by atoms with Gasteiger partial charge >= 0.3 is 0 Å². The predicted molar refractivity (Wildman–Crippen MR) is 121 cm³/mol. The topological polar surface area (TPSA) is 119 Å². The van der Waals surface area contributed by atoms with E-state index >= 15 is 0 Å². The summed E-state index contributed by atoms with van der Waals surface area (Å²) in [6.45, 7) is 2.05. The molecule has 1 aliphatic carbocycles. The van der Waals surface area contributed by atoms with Crippen LogP contribution in [-0.2, 0) is 0 Å². The smallest absolute Gasteiger partial charge is 0.258 e. The van der Waals surface area contributed by atoms with Crippen LogP contribution < -0.4 is 16.4 Å². The van der Waals surface area contributed by atoms with E-state index in [0.29, 0.717) is 17.7 Å². The van der Waals surface area contributed by atoms with Crippen LogP contribution in [0.3, 0.4) is 0 Å². The lowest BCUT2D eigenvalue weighted by atomic mass is 9.87. The number of hydrogen-bond acceptors (Lipinski definition) is 8. The molecule has 0 amide bonds. The van der Waals surface area contributed by atoms with Gasteiger partial charge in [-0.15, -0.1) is 0 Å². The van der Waals surface area contributed by atoms with Crippen molar-refractivity contribution in [2.24, 2.45) is 21.5 Å². The zero-order chi connectivity index (χ0) is 21.4. The van der Waals surface area contributed by atoms with E-state index in [-0.39, 0.29) is 5.96 Å². The van der Waals surface area contributed by atoms with E-state index < -0.39 is 5.66 Å². The average molecular weight is 416 g/mol. The molecule has 1 spiro atoms. The van der Waals surface area contributed by atoms with Crippen molar-refractivity contribution in [1.82, 2.24) is 10.1 Å². The molecule has 2 heterocycles. The van der Waals surface area contributed by atoms with Crippen LogP contribution in [0.15, 0.2) is 63.0 Å². The first-order valence-corrected chi connectivity index (χ1v) is 10.5. The van der Waals surface area contributed by atoms with Gasteiger partial charge in [-0.25, -0.2) is 4.99 Å². The molecule has 4 N–H and O–H groups in total. The molecule has 0 radical (unpaired) electrons. The Morgan fingerprint density at radius 3 is 2.29 bits per heavy atom. The Bertz CT molecular complexity index is 1140. The molecule has 5 rings (SSSR count). The fourth-order valence-electron chi connectivity index (χ4n) is 4.41. The second-order valence-corrected chi connectivity index (χ2v) is 8.15. The molecular formula is C23H25N7O. The number of aryl methyl sites for hydroxylation is 1. The molecule has 8 heteroatoms. The molecule has 2 aromatic carbocycles. The maximum atomic E-state index is 6.31. The van der Waals surface area contributed by atoms with E-state index in [1.54, 1.807) is 0 Å². The number of nitrogens with two attached hydrogens (primary N) is 2. The molecule has 1 aromatic heterocycles. The summed E-state index contributed by atoms with van der Waals surface area (Å²) in [5.74, 6) is 1.66. The number of benzene rings is 2. The van der Waals surface area contributed by atoms with Crippen molar-refractivity contribution >= 4 is 17.6 Å². The molecule has 1 fully saturated rings. The molecule has 0 bridgehead atoms. The molecule has 0 unspecified atom stereocenters. The maximum absolute atomic E-state index is 6.31. The van der Waals surface area contributed by atoms with Gasteiger partial charge in [0.2, 0.25) is 17.7 Å². The maximum Gasteiger partial charge on any atom is 0.258 e. The van der Waals surface area contributed by atoms with Crippen molar-refractivity contribution in [3.63, 3.8) is 0 Å². The van der Waals surface area contributed by atoms with E-state index in [1.165, 1.54) is 12.0 Å². The van der Waals surface area contributed by atoms with Crippen LogP contribution in [-0.4, -0.2) is 27.7 Å². The fraction of sp³-hybridized carbons (Fsp3) is 0.304. The van der Waals surface area contributed by atoms with Crippen LogP contribution in [0.5, 0.6) is 0 Å². The summed E-state index contributed by atoms with van der Waals surface area (Å²) in [6, 6.07) is 15.9. The molecule has 8 nitrogen and oxygen atoms in total. The minimum absolute atomic E-state index is 0.252. The van der Waals surface area contributed by atoms with Crippen LogP contribution in [0.1, 0.15) is 37.7 Å². The third kappa shape index (κ3) is 3.54. The highest BCUT2D eigenvalue weighted by molar-refractivity contribution is 6.05. The number of hydrogen-bond donors (Lipinski definition) is 2. The Kier molecular flexibility index (Phi) is 4.69. The summed E-state index contributed by atoms with van der Waals surface area (Å²) in [5.41, 5.74) is 15.7. The van der Waals surface area contributed by atoms with E-state index in [4.69, 9.17) is 21.0 Å². The summed E-state index contributed by atoms with van der Waals surface area (Å²) in [4.78, 5) is 15.5. The SMILES string of the molecule is Cc1ccc(-c2noc(-c3ccc(N4C(N)=NC(N)=NC45CCCCC5)cc3)n2)cc1. The normalized spacial score (nSPS) is 18.0. The second kappa shape index (κ2) is 7.54. The highest BCUT2D eigenvalue weighted by Crippen LogP contribution is 2.39. The molecule has 158 valence electrons. The zero-order valence-corrected chi connectivity index (χ0v) is 17.5. The molecule has 2 aliphatic rings. The third-order valence-corrected chi connectivity index (χ3v) is 5.96. The Morgan fingerprint density at radius 1 is 0.903 bits per heavy atom. The average Bonchev–Trinajstić information content (AvgIpc) is 3.25. The van der Waals surface area contributed by atoms with Crippen molar-refractivity contribution in [3.8, 4) is 22.8 Å². The standard InChI is InChI=1S/C23H25N7O/c1-15-5-7-16(8-6-15)19-26-20(31-29-19)17-9-11-18(12-10-17)30-22(25)27-21(24)28-23(30)13-3-2-4-14-23/h5-12H,2-4,13-14H2,1H3,(H4,24,25,27,28). The van der Waals surface area contributed by atoms with Gasteiger partial charge in [-0.2, -0.15) is 9.98 Å². The van der Waals surface area contributed by atoms with Crippen LogP contribution in [0.4, 0.5) is 5.69 Å². The van der Waals surface area contributed by atoms with Gasteiger partial charge in [0.05, 0.1) is 0 Å². The summed E-state index contributed by atoms with van der Waals surface area (Å²) in [5, 5.41) is 4.13.